The number of para-hydroxylation sites is 2. The molecule has 232 valence electrons. The molecule has 6 heteroatoms. The van der Waals surface area contributed by atoms with Crippen molar-refractivity contribution in [2.75, 3.05) is 5.73 Å². The van der Waals surface area contributed by atoms with Crippen molar-refractivity contribution in [3.05, 3.63) is 179 Å². The van der Waals surface area contributed by atoms with Crippen LogP contribution in [0.5, 0.6) is 0 Å². The van der Waals surface area contributed by atoms with Crippen molar-refractivity contribution < 1.29 is 0 Å². The molecule has 0 aliphatic heterocycles. The van der Waals surface area contributed by atoms with E-state index in [1.54, 1.807) is 6.08 Å². The first kappa shape index (κ1) is 30.0. The number of nitrogens with two attached hydrogens (primary N) is 2. The molecule has 4 N–H and O–H groups in total. The van der Waals surface area contributed by atoms with Gasteiger partial charge in [-0.05, 0) is 59.5 Å². The van der Waals surface area contributed by atoms with E-state index >= 15 is 0 Å². The number of aromatic nitrogens is 1. The van der Waals surface area contributed by atoms with Crippen LogP contribution in [0.1, 0.15) is 16.7 Å². The van der Waals surface area contributed by atoms with Gasteiger partial charge in [-0.2, -0.15) is 0 Å². The van der Waals surface area contributed by atoms with E-state index in [1.807, 2.05) is 72.8 Å². The molecule has 0 spiro atoms. The SMILES string of the molecule is C=C/C(=N\C(N)(c1cccc(Cl)c1)c1ccc2cc3c4ccccc4c4ccccc4n3c2c1-c1ccccc1N)c1cccc(Cl)c1. The topological polar surface area (TPSA) is 68.8 Å². The summed E-state index contributed by atoms with van der Waals surface area (Å²) >= 11 is 13.1. The van der Waals surface area contributed by atoms with Gasteiger partial charge < -0.3 is 10.1 Å². The van der Waals surface area contributed by atoms with Crippen LogP contribution in [-0.4, -0.2) is 10.1 Å². The van der Waals surface area contributed by atoms with Crippen LogP contribution in [0, 0.1) is 0 Å². The van der Waals surface area contributed by atoms with Gasteiger partial charge >= 0.3 is 0 Å². The van der Waals surface area contributed by atoms with Crippen LogP contribution in [0.25, 0.3) is 49.2 Å². The fourth-order valence-corrected chi connectivity index (χ4v) is 7.35. The Labute approximate surface area is 288 Å². The molecule has 1 atom stereocenters. The summed E-state index contributed by atoms with van der Waals surface area (Å²) in [7, 11) is 0. The number of allylic oxidation sites excluding steroid dienone is 1. The largest absolute Gasteiger partial charge is 0.398 e. The number of anilines is 1. The number of nitrogens with zero attached hydrogens (tertiary/aromatic N) is 2. The zero-order valence-corrected chi connectivity index (χ0v) is 27.4. The zero-order valence-electron chi connectivity index (χ0n) is 25.9. The van der Waals surface area contributed by atoms with Gasteiger partial charge in [0.25, 0.3) is 0 Å². The van der Waals surface area contributed by atoms with E-state index in [1.165, 1.54) is 5.39 Å². The molecule has 0 aliphatic carbocycles. The lowest BCUT2D eigenvalue weighted by Gasteiger charge is -2.31. The molecular formula is C42H30Cl2N4. The van der Waals surface area contributed by atoms with Gasteiger partial charge in [0.1, 0.15) is 0 Å². The quantitative estimate of drug-likeness (QED) is 0.106. The molecule has 8 rings (SSSR count). The number of nitrogen functional groups attached to an aromatic ring is 1. The molecular weight excluding hydrogens is 631 g/mol. The summed E-state index contributed by atoms with van der Waals surface area (Å²) in [5.74, 6) is 0. The first-order chi connectivity index (χ1) is 23.4. The molecule has 4 nitrogen and oxygen atoms in total. The van der Waals surface area contributed by atoms with Crippen LogP contribution in [0.2, 0.25) is 10.0 Å². The van der Waals surface area contributed by atoms with Gasteiger partial charge in [0.15, 0.2) is 5.66 Å². The highest BCUT2D eigenvalue weighted by Crippen LogP contribution is 2.45. The number of fused-ring (bicyclic) bond motifs is 8. The standard InChI is InChI=1S/C42H30Cl2N4/c1-2-37(26-11-9-13-29(43)23-26)47-42(46,28-12-10-14-30(44)25-28)35-22-21-27-24-39-33-17-4-3-15-31(33)32-16-6-8-20-38(32)48(39)41(27)40(35)34-18-5-7-19-36(34)45/h2-25H,1,45-46H2/b47-37+. The van der Waals surface area contributed by atoms with Crippen molar-refractivity contribution in [3.63, 3.8) is 0 Å². The summed E-state index contributed by atoms with van der Waals surface area (Å²) in [5.41, 5.74) is 21.4. The minimum absolute atomic E-state index is 0.549. The van der Waals surface area contributed by atoms with Gasteiger partial charge in [0.2, 0.25) is 0 Å². The predicted molar refractivity (Wildman–Crippen MR) is 204 cm³/mol. The second-order valence-corrected chi connectivity index (χ2v) is 12.8. The van der Waals surface area contributed by atoms with E-state index in [4.69, 9.17) is 39.7 Å². The number of hydrogen-bond acceptors (Lipinski definition) is 3. The summed E-state index contributed by atoms with van der Waals surface area (Å²) in [4.78, 5) is 5.33. The monoisotopic (exact) mass is 660 g/mol. The number of aliphatic imine (C=N–C) groups is 1. The minimum Gasteiger partial charge on any atom is -0.398 e. The Bertz CT molecular complexity index is 2600. The van der Waals surface area contributed by atoms with Crippen molar-refractivity contribution in [1.29, 1.82) is 0 Å². The Morgan fingerprint density at radius 1 is 0.688 bits per heavy atom. The van der Waals surface area contributed by atoms with Gasteiger partial charge in [-0.1, -0.05) is 127 Å². The fourth-order valence-electron chi connectivity index (χ4n) is 6.97. The first-order valence-electron chi connectivity index (χ1n) is 15.6. The van der Waals surface area contributed by atoms with E-state index in [2.05, 4.69) is 77.7 Å². The average molecular weight is 662 g/mol. The number of halogens is 2. The molecule has 0 fully saturated rings. The predicted octanol–water partition coefficient (Wildman–Crippen LogP) is 10.8. The minimum atomic E-state index is -1.43. The van der Waals surface area contributed by atoms with Crippen molar-refractivity contribution in [1.82, 2.24) is 4.40 Å². The Balaban J connectivity index is 1.58. The molecule has 0 saturated heterocycles. The maximum atomic E-state index is 7.68. The molecule has 0 amide bonds. The summed E-state index contributed by atoms with van der Waals surface area (Å²) in [5, 5.41) is 5.69. The summed E-state index contributed by atoms with van der Waals surface area (Å²) < 4.78 is 2.34. The second-order valence-electron chi connectivity index (χ2n) is 11.9. The van der Waals surface area contributed by atoms with E-state index < -0.39 is 5.66 Å². The van der Waals surface area contributed by atoms with Crippen molar-refractivity contribution >= 4 is 72.7 Å². The lowest BCUT2D eigenvalue weighted by Crippen LogP contribution is -2.38. The van der Waals surface area contributed by atoms with Crippen LogP contribution in [0.4, 0.5) is 5.69 Å². The third-order valence-corrected chi connectivity index (χ3v) is 9.59. The summed E-state index contributed by atoms with van der Waals surface area (Å²) in [6.07, 6.45) is 1.71. The van der Waals surface area contributed by atoms with E-state index in [9.17, 15) is 0 Å². The highest BCUT2D eigenvalue weighted by Gasteiger charge is 2.35. The van der Waals surface area contributed by atoms with E-state index in [0.29, 0.717) is 27.0 Å². The first-order valence-corrected chi connectivity index (χ1v) is 16.4. The third kappa shape index (κ3) is 4.77. The van der Waals surface area contributed by atoms with Gasteiger partial charge in [-0.15, -0.1) is 0 Å². The second kappa shape index (κ2) is 11.7. The summed E-state index contributed by atoms with van der Waals surface area (Å²) in [6, 6.07) is 46.4. The van der Waals surface area contributed by atoms with Crippen LogP contribution in [-0.2, 0) is 5.66 Å². The molecule has 0 saturated carbocycles. The Hall–Kier alpha value is -5.39. The molecule has 2 heterocycles. The van der Waals surface area contributed by atoms with Crippen LogP contribution < -0.4 is 11.5 Å². The highest BCUT2D eigenvalue weighted by molar-refractivity contribution is 6.31. The molecule has 0 aliphatic rings. The van der Waals surface area contributed by atoms with Crippen LogP contribution >= 0.6 is 23.2 Å². The number of rotatable bonds is 6. The molecule has 48 heavy (non-hydrogen) atoms. The maximum absolute atomic E-state index is 7.68. The third-order valence-electron chi connectivity index (χ3n) is 9.12. The van der Waals surface area contributed by atoms with Crippen molar-refractivity contribution in [2.45, 2.75) is 5.66 Å². The number of pyridine rings is 1. The number of benzene rings is 6. The van der Waals surface area contributed by atoms with Crippen molar-refractivity contribution in [2.24, 2.45) is 10.7 Å². The lowest BCUT2D eigenvalue weighted by molar-refractivity contribution is 0.574. The van der Waals surface area contributed by atoms with Gasteiger partial charge in [0, 0.05) is 54.1 Å². The maximum Gasteiger partial charge on any atom is 0.161 e. The highest BCUT2D eigenvalue weighted by atomic mass is 35.5. The average Bonchev–Trinajstić information content (AvgIpc) is 3.51. The Morgan fingerprint density at radius 3 is 2.08 bits per heavy atom. The lowest BCUT2D eigenvalue weighted by atomic mass is 9.84. The summed E-state index contributed by atoms with van der Waals surface area (Å²) in [6.45, 7) is 4.12. The van der Waals surface area contributed by atoms with Crippen LogP contribution in [0.3, 0.4) is 0 Å². The van der Waals surface area contributed by atoms with Gasteiger partial charge in [-0.3, -0.25) is 10.7 Å². The Kier molecular flexibility index (Phi) is 7.30. The van der Waals surface area contributed by atoms with E-state index in [0.717, 1.165) is 55.0 Å². The fraction of sp³-hybridized carbons (Fsp3) is 0.0238. The van der Waals surface area contributed by atoms with Gasteiger partial charge in [-0.25, -0.2) is 0 Å². The smallest absolute Gasteiger partial charge is 0.161 e. The van der Waals surface area contributed by atoms with E-state index in [-0.39, 0.29) is 0 Å². The molecule has 0 bridgehead atoms. The molecule has 0 radical (unpaired) electrons. The molecule has 2 aromatic heterocycles. The zero-order chi connectivity index (χ0) is 33.0. The molecule has 8 aromatic rings. The molecule has 6 aromatic carbocycles. The van der Waals surface area contributed by atoms with Crippen molar-refractivity contribution in [3.8, 4) is 11.1 Å². The van der Waals surface area contributed by atoms with Gasteiger partial charge in [0.05, 0.1) is 22.3 Å². The Morgan fingerprint density at radius 2 is 1.35 bits per heavy atom. The van der Waals surface area contributed by atoms with Crippen LogP contribution in [0.15, 0.2) is 157 Å². The molecule has 1 unspecified atom stereocenters. The number of hydrogen-bond donors (Lipinski definition) is 2. The normalized spacial score (nSPS) is 13.4.